The van der Waals surface area contributed by atoms with Crippen molar-refractivity contribution in [1.29, 1.82) is 5.26 Å². The molecule has 0 aliphatic rings. The number of halogens is 1. The lowest BCUT2D eigenvalue weighted by Crippen LogP contribution is -2.17. The summed E-state index contributed by atoms with van der Waals surface area (Å²) in [5.41, 5.74) is 3.04. The van der Waals surface area contributed by atoms with Crippen LogP contribution in [0.4, 0.5) is 5.82 Å². The highest BCUT2D eigenvalue weighted by atomic mass is 35.5. The third kappa shape index (κ3) is 3.53. The number of anilines is 1. The number of rotatable bonds is 5. The molecule has 1 N–H and O–H groups in total. The molecule has 0 aliphatic carbocycles. The van der Waals surface area contributed by atoms with E-state index >= 15 is 0 Å². The van der Waals surface area contributed by atoms with E-state index in [1.165, 1.54) is 0 Å². The summed E-state index contributed by atoms with van der Waals surface area (Å²) in [4.78, 5) is 0. The molecule has 0 saturated carbocycles. The van der Waals surface area contributed by atoms with Crippen LogP contribution in [0.3, 0.4) is 0 Å². The highest BCUT2D eigenvalue weighted by molar-refractivity contribution is 6.30. The number of nitrogens with zero attached hydrogens (tertiary/aromatic N) is 3. The summed E-state index contributed by atoms with van der Waals surface area (Å²) in [5, 5.41) is 21.2. The Morgan fingerprint density at radius 3 is 2.77 bits per heavy atom. The number of methoxy groups -OCH3 is 1. The molecule has 1 atom stereocenters. The molecular weight excluding hydrogens is 300 g/mol. The van der Waals surface area contributed by atoms with E-state index in [4.69, 9.17) is 16.3 Å². The molecule has 0 amide bonds. The molecule has 22 heavy (non-hydrogen) atoms. The van der Waals surface area contributed by atoms with Crippen LogP contribution in [0, 0.1) is 25.2 Å². The first-order valence-electron chi connectivity index (χ1n) is 6.83. The molecule has 0 aliphatic heterocycles. The van der Waals surface area contributed by atoms with Crippen LogP contribution < -0.4 is 5.32 Å². The van der Waals surface area contributed by atoms with E-state index in [2.05, 4.69) is 21.6 Å². The van der Waals surface area contributed by atoms with Crippen molar-refractivity contribution in [2.45, 2.75) is 20.0 Å². The van der Waals surface area contributed by atoms with Gasteiger partial charge in [0.1, 0.15) is 11.6 Å². The predicted molar refractivity (Wildman–Crippen MR) is 85.9 cm³/mol. The smallest absolute Gasteiger partial charge is 0.167 e. The van der Waals surface area contributed by atoms with Crippen molar-refractivity contribution in [3.8, 4) is 6.07 Å². The van der Waals surface area contributed by atoms with Crippen molar-refractivity contribution in [2.75, 3.05) is 19.0 Å². The standard InChI is InChI=1S/C16H17ClN4O/c1-10-11(2)20-21-16(14(10)8-18)19-9-15(22-3)12-5-4-6-13(17)7-12/h4-7,15H,9H2,1-3H3,(H,19,21). The highest BCUT2D eigenvalue weighted by Gasteiger charge is 2.14. The molecular formula is C16H17ClN4O. The van der Waals surface area contributed by atoms with Gasteiger partial charge in [-0.05, 0) is 37.1 Å². The minimum Gasteiger partial charge on any atom is -0.375 e. The first kappa shape index (κ1) is 16.2. The van der Waals surface area contributed by atoms with Crippen LogP contribution in [0.25, 0.3) is 0 Å². The van der Waals surface area contributed by atoms with Crippen LogP contribution in [-0.2, 0) is 4.74 Å². The first-order chi connectivity index (χ1) is 10.6. The fourth-order valence-electron chi connectivity index (χ4n) is 2.10. The van der Waals surface area contributed by atoms with E-state index < -0.39 is 0 Å². The van der Waals surface area contributed by atoms with Gasteiger partial charge in [-0.3, -0.25) is 0 Å². The minimum atomic E-state index is -0.200. The second kappa shape index (κ2) is 7.21. The Hall–Kier alpha value is -2.16. The summed E-state index contributed by atoms with van der Waals surface area (Å²) < 4.78 is 5.49. The molecule has 0 fully saturated rings. The third-order valence-corrected chi connectivity index (χ3v) is 3.76. The van der Waals surface area contributed by atoms with Crippen LogP contribution in [0.15, 0.2) is 24.3 Å². The molecule has 6 heteroatoms. The van der Waals surface area contributed by atoms with E-state index in [1.54, 1.807) is 7.11 Å². The van der Waals surface area contributed by atoms with Crippen molar-refractivity contribution in [2.24, 2.45) is 0 Å². The molecule has 2 aromatic rings. The van der Waals surface area contributed by atoms with Crippen LogP contribution in [0.2, 0.25) is 5.02 Å². The van der Waals surface area contributed by atoms with Gasteiger partial charge in [0, 0.05) is 18.7 Å². The van der Waals surface area contributed by atoms with Gasteiger partial charge in [0.05, 0.1) is 11.8 Å². The second-order valence-corrected chi connectivity index (χ2v) is 5.34. The fourth-order valence-corrected chi connectivity index (χ4v) is 2.30. The molecule has 1 heterocycles. The van der Waals surface area contributed by atoms with E-state index in [0.29, 0.717) is 22.9 Å². The molecule has 1 unspecified atom stereocenters. The average molecular weight is 317 g/mol. The number of ether oxygens (including phenoxy) is 1. The summed E-state index contributed by atoms with van der Waals surface area (Å²) in [6.45, 7) is 4.15. The minimum absolute atomic E-state index is 0.200. The van der Waals surface area contributed by atoms with Gasteiger partial charge in [-0.25, -0.2) is 0 Å². The summed E-state index contributed by atoms with van der Waals surface area (Å²) in [5.74, 6) is 0.467. The van der Waals surface area contributed by atoms with Gasteiger partial charge in [-0.15, -0.1) is 5.10 Å². The SMILES string of the molecule is COC(CNc1nnc(C)c(C)c1C#N)c1cccc(Cl)c1. The van der Waals surface area contributed by atoms with Gasteiger partial charge in [-0.1, -0.05) is 23.7 Å². The molecule has 1 aromatic heterocycles. The van der Waals surface area contributed by atoms with E-state index in [1.807, 2.05) is 38.1 Å². The molecule has 0 bridgehead atoms. The molecule has 0 radical (unpaired) electrons. The summed E-state index contributed by atoms with van der Waals surface area (Å²) >= 11 is 6.01. The summed E-state index contributed by atoms with van der Waals surface area (Å²) in [6.07, 6.45) is -0.200. The molecule has 1 aromatic carbocycles. The lowest BCUT2D eigenvalue weighted by atomic mass is 10.1. The Balaban J connectivity index is 2.18. The Kier molecular flexibility index (Phi) is 5.31. The normalized spacial score (nSPS) is 11.8. The van der Waals surface area contributed by atoms with Crippen molar-refractivity contribution in [3.63, 3.8) is 0 Å². The van der Waals surface area contributed by atoms with Gasteiger partial charge < -0.3 is 10.1 Å². The monoisotopic (exact) mass is 316 g/mol. The number of hydrogen-bond acceptors (Lipinski definition) is 5. The largest absolute Gasteiger partial charge is 0.375 e. The van der Waals surface area contributed by atoms with Gasteiger partial charge in [0.25, 0.3) is 0 Å². The van der Waals surface area contributed by atoms with Gasteiger partial charge in [-0.2, -0.15) is 10.4 Å². The number of hydrogen-bond donors (Lipinski definition) is 1. The predicted octanol–water partition coefficient (Wildman–Crippen LogP) is 3.42. The van der Waals surface area contributed by atoms with E-state index in [0.717, 1.165) is 16.8 Å². The third-order valence-electron chi connectivity index (χ3n) is 3.53. The summed E-state index contributed by atoms with van der Waals surface area (Å²) in [6, 6.07) is 9.66. The van der Waals surface area contributed by atoms with Crippen molar-refractivity contribution < 1.29 is 4.74 Å². The number of aryl methyl sites for hydroxylation is 1. The average Bonchev–Trinajstić information content (AvgIpc) is 2.51. The number of aromatic nitrogens is 2. The Morgan fingerprint density at radius 2 is 2.14 bits per heavy atom. The number of nitrogens with one attached hydrogen (secondary N) is 1. The maximum atomic E-state index is 9.29. The maximum absolute atomic E-state index is 9.29. The lowest BCUT2D eigenvalue weighted by molar-refractivity contribution is 0.114. The maximum Gasteiger partial charge on any atom is 0.167 e. The van der Waals surface area contributed by atoms with Gasteiger partial charge >= 0.3 is 0 Å². The molecule has 0 saturated heterocycles. The summed E-state index contributed by atoms with van der Waals surface area (Å²) in [7, 11) is 1.63. The zero-order valence-corrected chi connectivity index (χ0v) is 13.5. The van der Waals surface area contributed by atoms with Crippen LogP contribution in [0.5, 0.6) is 0 Å². The van der Waals surface area contributed by atoms with Gasteiger partial charge in [0.2, 0.25) is 0 Å². The highest BCUT2D eigenvalue weighted by Crippen LogP contribution is 2.22. The number of nitriles is 1. The van der Waals surface area contributed by atoms with Crippen LogP contribution in [-0.4, -0.2) is 23.9 Å². The fraction of sp³-hybridized carbons (Fsp3) is 0.312. The lowest BCUT2D eigenvalue weighted by Gasteiger charge is -2.18. The Morgan fingerprint density at radius 1 is 1.36 bits per heavy atom. The zero-order chi connectivity index (χ0) is 16.1. The van der Waals surface area contributed by atoms with E-state index in [-0.39, 0.29) is 6.10 Å². The quantitative estimate of drug-likeness (QED) is 0.915. The second-order valence-electron chi connectivity index (χ2n) is 4.91. The van der Waals surface area contributed by atoms with Crippen molar-refractivity contribution in [3.05, 3.63) is 51.7 Å². The molecule has 2 rings (SSSR count). The Bertz CT molecular complexity index is 712. The van der Waals surface area contributed by atoms with Crippen molar-refractivity contribution in [1.82, 2.24) is 10.2 Å². The Labute approximate surface area is 134 Å². The van der Waals surface area contributed by atoms with Gasteiger partial charge in [0.15, 0.2) is 5.82 Å². The number of benzene rings is 1. The zero-order valence-electron chi connectivity index (χ0n) is 12.7. The topological polar surface area (TPSA) is 70.8 Å². The first-order valence-corrected chi connectivity index (χ1v) is 7.20. The molecule has 114 valence electrons. The molecule has 0 spiro atoms. The molecule has 5 nitrogen and oxygen atoms in total. The van der Waals surface area contributed by atoms with Crippen LogP contribution in [0.1, 0.15) is 28.5 Å². The van der Waals surface area contributed by atoms with Crippen molar-refractivity contribution >= 4 is 17.4 Å². The van der Waals surface area contributed by atoms with E-state index in [9.17, 15) is 5.26 Å². The van der Waals surface area contributed by atoms with Crippen LogP contribution >= 0.6 is 11.6 Å².